The van der Waals surface area contributed by atoms with Gasteiger partial charge in [0.05, 0.1) is 18.3 Å². The monoisotopic (exact) mass is 692 g/mol. The second-order valence-corrected chi connectivity index (χ2v) is 18.6. The van der Waals surface area contributed by atoms with Crippen molar-refractivity contribution in [3.63, 3.8) is 0 Å². The van der Waals surface area contributed by atoms with Crippen LogP contribution in [0.2, 0.25) is 0 Å². The molecule has 5 rings (SSSR count). The fourth-order valence-electron chi connectivity index (χ4n) is 8.52. The summed E-state index contributed by atoms with van der Waals surface area (Å²) < 4.78 is 0. The smallest absolute Gasteiger partial charge is 0.0620 e. The number of likely N-dealkylation sites (tertiary alicyclic amines) is 3. The summed E-state index contributed by atoms with van der Waals surface area (Å²) >= 11 is 0. The van der Waals surface area contributed by atoms with Crippen molar-refractivity contribution >= 4 is 0 Å². The average Bonchev–Trinajstić information content (AvgIpc) is 3.02. The largest absolute Gasteiger partial charge is 0.393 e. The van der Waals surface area contributed by atoms with E-state index in [0.29, 0.717) is 0 Å². The van der Waals surface area contributed by atoms with Gasteiger partial charge in [0.25, 0.3) is 0 Å². The Morgan fingerprint density at radius 3 is 1.26 bits per heavy atom. The number of hydrogen-bond acceptors (Lipinski definition) is 6. The van der Waals surface area contributed by atoms with Crippen molar-refractivity contribution in [2.75, 3.05) is 19.6 Å². The predicted octanol–water partition coefficient (Wildman–Crippen LogP) is 8.30. The number of piperidine rings is 3. The summed E-state index contributed by atoms with van der Waals surface area (Å²) in [5.41, 5.74) is 2.65. The molecule has 50 heavy (non-hydrogen) atoms. The molecule has 282 valence electrons. The summed E-state index contributed by atoms with van der Waals surface area (Å²) in [6.45, 7) is 35.0. The molecule has 3 saturated heterocycles. The molecule has 0 aromatic heterocycles. The standard InChI is InChI=1S/2C16H25NO.C12H23NO/c2*1-15(2)14(18)10-11-17(16(15,3)4)12-13-8-6-5-7-9-13;1-6-7-13-11(2,3)8-10(14)9-12(13,4)5/h2*5-9,14,18H,10-12H2,1-4H3;6,10,14H,1,7-9H2,2-5H3. The van der Waals surface area contributed by atoms with Gasteiger partial charge in [0.2, 0.25) is 0 Å². The van der Waals surface area contributed by atoms with Gasteiger partial charge in [-0.3, -0.25) is 14.7 Å². The van der Waals surface area contributed by atoms with Gasteiger partial charge in [0, 0.05) is 65.7 Å². The fourth-order valence-corrected chi connectivity index (χ4v) is 8.52. The van der Waals surface area contributed by atoms with E-state index in [1.54, 1.807) is 0 Å². The van der Waals surface area contributed by atoms with Crippen LogP contribution >= 0.6 is 0 Å². The topological polar surface area (TPSA) is 70.4 Å². The lowest BCUT2D eigenvalue weighted by Gasteiger charge is -2.55. The van der Waals surface area contributed by atoms with Gasteiger partial charge in [0.15, 0.2) is 0 Å². The first kappa shape index (κ1) is 42.4. The average molecular weight is 692 g/mol. The van der Waals surface area contributed by atoms with E-state index < -0.39 is 0 Å². The molecule has 6 nitrogen and oxygen atoms in total. The van der Waals surface area contributed by atoms with Crippen LogP contribution in [-0.2, 0) is 13.1 Å². The molecule has 0 radical (unpaired) electrons. The van der Waals surface area contributed by atoms with Crippen molar-refractivity contribution in [3.8, 4) is 0 Å². The summed E-state index contributed by atoms with van der Waals surface area (Å²) in [6, 6.07) is 21.2. The Balaban J connectivity index is 0.000000205. The first-order valence-corrected chi connectivity index (χ1v) is 19.0. The van der Waals surface area contributed by atoms with Gasteiger partial charge in [-0.25, -0.2) is 0 Å². The Kier molecular flexibility index (Phi) is 13.8. The Labute approximate surface area is 306 Å². The number of aliphatic hydroxyl groups is 3. The third kappa shape index (κ3) is 9.48. The summed E-state index contributed by atoms with van der Waals surface area (Å²) in [5, 5.41) is 30.3. The van der Waals surface area contributed by atoms with E-state index in [-0.39, 0.29) is 51.3 Å². The lowest BCUT2D eigenvalue weighted by atomic mass is 9.66. The van der Waals surface area contributed by atoms with Crippen LogP contribution in [0.4, 0.5) is 0 Å². The molecule has 0 aliphatic carbocycles. The van der Waals surface area contributed by atoms with Crippen molar-refractivity contribution in [1.29, 1.82) is 0 Å². The van der Waals surface area contributed by atoms with Crippen LogP contribution in [0, 0.1) is 10.8 Å². The van der Waals surface area contributed by atoms with Gasteiger partial charge in [-0.05, 0) is 92.2 Å². The summed E-state index contributed by atoms with van der Waals surface area (Å²) in [4.78, 5) is 7.42. The van der Waals surface area contributed by atoms with Crippen LogP contribution in [0.25, 0.3) is 0 Å². The molecule has 2 aromatic rings. The Bertz CT molecular complexity index is 1240. The van der Waals surface area contributed by atoms with Crippen LogP contribution in [0.5, 0.6) is 0 Å². The van der Waals surface area contributed by atoms with Gasteiger partial charge < -0.3 is 15.3 Å². The molecule has 3 N–H and O–H groups in total. The van der Waals surface area contributed by atoms with E-state index in [2.05, 4.69) is 165 Å². The summed E-state index contributed by atoms with van der Waals surface area (Å²) in [6.07, 6.45) is 4.79. The molecule has 0 amide bonds. The Hall–Kier alpha value is -2.06. The highest BCUT2D eigenvalue weighted by Gasteiger charge is 2.50. The van der Waals surface area contributed by atoms with E-state index in [1.165, 1.54) is 11.1 Å². The molecule has 6 heteroatoms. The van der Waals surface area contributed by atoms with Gasteiger partial charge >= 0.3 is 0 Å². The van der Waals surface area contributed by atoms with E-state index in [0.717, 1.165) is 58.4 Å². The number of hydrogen-bond donors (Lipinski definition) is 3. The maximum atomic E-state index is 10.2. The second-order valence-electron chi connectivity index (χ2n) is 18.6. The van der Waals surface area contributed by atoms with Crippen molar-refractivity contribution < 1.29 is 15.3 Å². The van der Waals surface area contributed by atoms with E-state index in [9.17, 15) is 15.3 Å². The maximum Gasteiger partial charge on any atom is 0.0620 e. The Morgan fingerprint density at radius 2 is 0.940 bits per heavy atom. The van der Waals surface area contributed by atoms with Crippen LogP contribution in [0.15, 0.2) is 73.3 Å². The molecule has 2 atom stereocenters. The van der Waals surface area contributed by atoms with Gasteiger partial charge in [0.1, 0.15) is 0 Å². The lowest BCUT2D eigenvalue weighted by molar-refractivity contribution is -0.116. The first-order chi connectivity index (χ1) is 23.0. The zero-order chi connectivity index (χ0) is 37.8. The normalized spacial score (nSPS) is 27.2. The third-order valence-electron chi connectivity index (χ3n) is 13.4. The van der Waals surface area contributed by atoms with Crippen LogP contribution in [0.1, 0.15) is 120 Å². The highest BCUT2D eigenvalue weighted by molar-refractivity contribution is 5.17. The number of nitrogens with zero attached hydrogens (tertiary/aromatic N) is 3. The summed E-state index contributed by atoms with van der Waals surface area (Å²) in [5.74, 6) is 0. The molecule has 0 saturated carbocycles. The van der Waals surface area contributed by atoms with Gasteiger partial charge in [-0.1, -0.05) is 94.4 Å². The molecule has 3 fully saturated rings. The van der Waals surface area contributed by atoms with E-state index >= 15 is 0 Å². The molecule has 3 aliphatic heterocycles. The SMILES string of the molecule is C=CCN1C(C)(C)CC(O)CC1(C)C.CC1(C)C(O)CCN(Cc2ccccc2)C1(C)C.CC1(C)C(O)CCN(Cc2ccccc2)C1(C)C. The fraction of sp³-hybridized carbons (Fsp3) is 0.682. The maximum absolute atomic E-state index is 10.2. The molecule has 2 aromatic carbocycles. The molecular formula is C44H73N3O3. The molecule has 3 heterocycles. The van der Waals surface area contributed by atoms with Crippen molar-refractivity contribution in [2.45, 2.75) is 162 Å². The predicted molar refractivity (Wildman–Crippen MR) is 211 cm³/mol. The second kappa shape index (κ2) is 16.3. The quantitative estimate of drug-likeness (QED) is 0.265. The minimum Gasteiger partial charge on any atom is -0.393 e. The molecule has 0 bridgehead atoms. The molecule has 3 aliphatic rings. The zero-order valence-electron chi connectivity index (χ0n) is 33.8. The number of aliphatic hydroxyl groups excluding tert-OH is 3. The molecule has 0 spiro atoms. The van der Waals surface area contributed by atoms with Crippen LogP contribution in [-0.4, -0.2) is 90.1 Å². The Morgan fingerprint density at radius 1 is 0.600 bits per heavy atom. The van der Waals surface area contributed by atoms with Gasteiger partial charge in [-0.15, -0.1) is 6.58 Å². The molecular weight excluding hydrogens is 619 g/mol. The van der Waals surface area contributed by atoms with Gasteiger partial charge in [-0.2, -0.15) is 0 Å². The first-order valence-electron chi connectivity index (χ1n) is 19.0. The number of rotatable bonds is 6. The summed E-state index contributed by atoms with van der Waals surface area (Å²) in [7, 11) is 0. The highest BCUT2D eigenvalue weighted by atomic mass is 16.3. The van der Waals surface area contributed by atoms with Crippen LogP contribution < -0.4 is 0 Å². The van der Waals surface area contributed by atoms with Crippen molar-refractivity contribution in [3.05, 3.63) is 84.4 Å². The minimum atomic E-state index is -0.209. The minimum absolute atomic E-state index is 0.000504. The number of benzene rings is 2. The molecule has 2 unspecified atom stereocenters. The van der Waals surface area contributed by atoms with Crippen molar-refractivity contribution in [1.82, 2.24) is 14.7 Å². The van der Waals surface area contributed by atoms with E-state index in [4.69, 9.17) is 0 Å². The van der Waals surface area contributed by atoms with Crippen molar-refractivity contribution in [2.24, 2.45) is 10.8 Å². The van der Waals surface area contributed by atoms with Crippen LogP contribution in [0.3, 0.4) is 0 Å². The third-order valence-corrected chi connectivity index (χ3v) is 13.4. The zero-order valence-corrected chi connectivity index (χ0v) is 33.8. The lowest BCUT2D eigenvalue weighted by Crippen LogP contribution is -2.62. The highest BCUT2D eigenvalue weighted by Crippen LogP contribution is 2.45. The van der Waals surface area contributed by atoms with E-state index in [1.807, 2.05) is 6.08 Å².